The van der Waals surface area contributed by atoms with Gasteiger partial charge >= 0.3 is 0 Å². The van der Waals surface area contributed by atoms with Crippen LogP contribution in [0.1, 0.15) is 56.6 Å². The van der Waals surface area contributed by atoms with E-state index >= 15 is 0 Å². The Morgan fingerprint density at radius 1 is 1.07 bits per heavy atom. The third kappa shape index (κ3) is 7.19. The predicted octanol–water partition coefficient (Wildman–Crippen LogP) is 3.91. The minimum atomic E-state index is -0.0672. The van der Waals surface area contributed by atoms with Crippen molar-refractivity contribution in [2.24, 2.45) is 4.99 Å². The van der Waals surface area contributed by atoms with Crippen molar-refractivity contribution in [3.8, 4) is 0 Å². The third-order valence-electron chi connectivity index (χ3n) is 5.81. The van der Waals surface area contributed by atoms with Gasteiger partial charge in [-0.1, -0.05) is 37.1 Å². The molecule has 1 unspecified atom stereocenters. The van der Waals surface area contributed by atoms with Gasteiger partial charge in [-0.05, 0) is 56.8 Å². The summed E-state index contributed by atoms with van der Waals surface area (Å²) in [6.45, 7) is 8.14. The zero-order valence-electron chi connectivity index (χ0n) is 17.5. The molecule has 158 valence electrons. The summed E-state index contributed by atoms with van der Waals surface area (Å²) >= 11 is 0. The first-order chi connectivity index (χ1) is 13.2. The molecule has 1 aromatic rings. The average molecular weight is 500 g/mol. The zero-order chi connectivity index (χ0) is 19.0. The van der Waals surface area contributed by atoms with Crippen LogP contribution in [0.25, 0.3) is 0 Å². The van der Waals surface area contributed by atoms with Gasteiger partial charge in [0.1, 0.15) is 0 Å². The van der Waals surface area contributed by atoms with E-state index in [1.54, 1.807) is 0 Å². The number of nitrogens with one attached hydrogen (secondary N) is 2. The second-order valence-corrected chi connectivity index (χ2v) is 8.14. The molecule has 0 spiro atoms. The number of ether oxygens (including phenoxy) is 1. The Kier molecular flexibility index (Phi) is 10.0. The highest BCUT2D eigenvalue weighted by Gasteiger charge is 2.29. The van der Waals surface area contributed by atoms with Crippen LogP contribution in [0.4, 0.5) is 0 Å². The van der Waals surface area contributed by atoms with Gasteiger partial charge in [0.2, 0.25) is 0 Å². The van der Waals surface area contributed by atoms with Crippen molar-refractivity contribution in [3.63, 3.8) is 0 Å². The van der Waals surface area contributed by atoms with Crippen molar-refractivity contribution in [1.29, 1.82) is 0 Å². The molecule has 2 N–H and O–H groups in total. The van der Waals surface area contributed by atoms with E-state index in [1.807, 2.05) is 7.05 Å². The summed E-state index contributed by atoms with van der Waals surface area (Å²) in [4.78, 5) is 6.99. The molecule has 0 amide bonds. The number of benzene rings is 1. The molecule has 28 heavy (non-hydrogen) atoms. The molecule has 0 saturated carbocycles. The topological polar surface area (TPSA) is 48.9 Å². The summed E-state index contributed by atoms with van der Waals surface area (Å²) < 4.78 is 5.86. The SMILES string of the molecule is CN=C(NCc1ccccc1CN1CCCCCC1)NCC1(C)CCCO1.I. The second-order valence-electron chi connectivity index (χ2n) is 8.14. The molecule has 0 radical (unpaired) electrons. The predicted molar refractivity (Wildman–Crippen MR) is 127 cm³/mol. The van der Waals surface area contributed by atoms with Gasteiger partial charge in [0.05, 0.1) is 5.60 Å². The molecule has 1 aromatic carbocycles. The lowest BCUT2D eigenvalue weighted by atomic mass is 10.0. The van der Waals surface area contributed by atoms with Gasteiger partial charge in [-0.15, -0.1) is 24.0 Å². The number of rotatable bonds is 6. The Morgan fingerprint density at radius 2 is 1.79 bits per heavy atom. The number of aliphatic imine (C=N–C) groups is 1. The van der Waals surface area contributed by atoms with Gasteiger partial charge < -0.3 is 15.4 Å². The number of likely N-dealkylation sites (tertiary alicyclic amines) is 1. The van der Waals surface area contributed by atoms with Gasteiger partial charge in [-0.2, -0.15) is 0 Å². The lowest BCUT2D eigenvalue weighted by molar-refractivity contribution is 0.0243. The molecule has 0 aliphatic carbocycles. The fraction of sp³-hybridized carbons (Fsp3) is 0.682. The summed E-state index contributed by atoms with van der Waals surface area (Å²) in [7, 11) is 1.83. The molecule has 3 rings (SSSR count). The maximum absolute atomic E-state index is 5.86. The maximum Gasteiger partial charge on any atom is 0.191 e. The number of hydrogen-bond donors (Lipinski definition) is 2. The van der Waals surface area contributed by atoms with Crippen molar-refractivity contribution in [2.75, 3.05) is 33.3 Å². The minimum absolute atomic E-state index is 0. The Morgan fingerprint density at radius 3 is 2.43 bits per heavy atom. The monoisotopic (exact) mass is 500 g/mol. The van der Waals surface area contributed by atoms with Crippen LogP contribution >= 0.6 is 24.0 Å². The van der Waals surface area contributed by atoms with Crippen LogP contribution in [0.2, 0.25) is 0 Å². The maximum atomic E-state index is 5.86. The van der Waals surface area contributed by atoms with Crippen molar-refractivity contribution in [3.05, 3.63) is 35.4 Å². The summed E-state index contributed by atoms with van der Waals surface area (Å²) in [5.41, 5.74) is 2.71. The molecular weight excluding hydrogens is 463 g/mol. The number of halogens is 1. The molecule has 1 atom stereocenters. The highest BCUT2D eigenvalue weighted by Crippen LogP contribution is 2.23. The zero-order valence-corrected chi connectivity index (χ0v) is 19.8. The highest BCUT2D eigenvalue weighted by molar-refractivity contribution is 14.0. The van der Waals surface area contributed by atoms with E-state index in [4.69, 9.17) is 4.74 Å². The van der Waals surface area contributed by atoms with Gasteiger partial charge in [-0.25, -0.2) is 0 Å². The number of nitrogens with zero attached hydrogens (tertiary/aromatic N) is 2. The van der Waals surface area contributed by atoms with E-state index in [-0.39, 0.29) is 29.6 Å². The van der Waals surface area contributed by atoms with Crippen LogP contribution in [0.3, 0.4) is 0 Å². The van der Waals surface area contributed by atoms with Gasteiger partial charge in [-0.3, -0.25) is 9.89 Å². The molecule has 2 saturated heterocycles. The standard InChI is InChI=1S/C22H36N4O.HI/c1-22(12-9-15-27-22)18-25-21(23-2)24-16-19-10-5-6-11-20(19)17-26-13-7-3-4-8-14-26;/h5-6,10-11H,3-4,7-9,12-18H2,1-2H3,(H2,23,24,25);1H. The van der Waals surface area contributed by atoms with Gasteiger partial charge in [0, 0.05) is 33.3 Å². The van der Waals surface area contributed by atoms with Gasteiger partial charge in [0.15, 0.2) is 5.96 Å². The lowest BCUT2D eigenvalue weighted by Gasteiger charge is -2.25. The van der Waals surface area contributed by atoms with E-state index in [9.17, 15) is 0 Å². The first kappa shape index (κ1) is 23.4. The van der Waals surface area contributed by atoms with E-state index in [1.165, 1.54) is 49.9 Å². The molecule has 2 aliphatic rings. The number of guanidine groups is 1. The van der Waals surface area contributed by atoms with Crippen LogP contribution in [-0.2, 0) is 17.8 Å². The van der Waals surface area contributed by atoms with E-state index < -0.39 is 0 Å². The van der Waals surface area contributed by atoms with Crippen molar-refractivity contribution >= 4 is 29.9 Å². The summed E-state index contributed by atoms with van der Waals surface area (Å²) in [6.07, 6.45) is 7.67. The lowest BCUT2D eigenvalue weighted by Crippen LogP contribution is -2.45. The van der Waals surface area contributed by atoms with Crippen molar-refractivity contribution in [1.82, 2.24) is 15.5 Å². The van der Waals surface area contributed by atoms with Crippen LogP contribution < -0.4 is 10.6 Å². The smallest absolute Gasteiger partial charge is 0.191 e. The fourth-order valence-electron chi connectivity index (χ4n) is 4.07. The highest BCUT2D eigenvalue weighted by atomic mass is 127. The van der Waals surface area contributed by atoms with Crippen LogP contribution in [0.5, 0.6) is 0 Å². The summed E-state index contributed by atoms with van der Waals surface area (Å²) in [5.74, 6) is 0.844. The van der Waals surface area contributed by atoms with Crippen LogP contribution in [0.15, 0.2) is 29.3 Å². The van der Waals surface area contributed by atoms with E-state index in [0.29, 0.717) is 0 Å². The second kappa shape index (κ2) is 12.0. The van der Waals surface area contributed by atoms with Crippen LogP contribution in [0, 0.1) is 0 Å². The average Bonchev–Trinajstić information content (AvgIpc) is 2.95. The Labute approximate surface area is 187 Å². The van der Waals surface area contributed by atoms with Crippen LogP contribution in [-0.4, -0.2) is 49.7 Å². The molecule has 2 fully saturated rings. The third-order valence-corrected chi connectivity index (χ3v) is 5.81. The fourth-order valence-corrected chi connectivity index (χ4v) is 4.07. The largest absolute Gasteiger partial charge is 0.373 e. The van der Waals surface area contributed by atoms with E-state index in [0.717, 1.165) is 45.0 Å². The summed E-state index contributed by atoms with van der Waals surface area (Å²) in [5, 5.41) is 6.92. The molecule has 6 heteroatoms. The quantitative estimate of drug-likeness (QED) is 0.353. The number of hydrogen-bond acceptors (Lipinski definition) is 3. The molecule has 0 aromatic heterocycles. The summed E-state index contributed by atoms with van der Waals surface area (Å²) in [6, 6.07) is 8.79. The normalized spacial score (nSPS) is 23.7. The Hall–Kier alpha value is -0.860. The molecular formula is C22H37IN4O. The molecule has 2 heterocycles. The molecule has 5 nitrogen and oxygen atoms in total. The first-order valence-corrected chi connectivity index (χ1v) is 10.6. The molecule has 0 bridgehead atoms. The van der Waals surface area contributed by atoms with Crippen molar-refractivity contribution < 1.29 is 4.74 Å². The first-order valence-electron chi connectivity index (χ1n) is 10.6. The van der Waals surface area contributed by atoms with Crippen molar-refractivity contribution in [2.45, 2.75) is 64.1 Å². The Bertz CT molecular complexity index is 608. The van der Waals surface area contributed by atoms with Gasteiger partial charge in [0.25, 0.3) is 0 Å². The minimum Gasteiger partial charge on any atom is -0.373 e. The molecule has 2 aliphatic heterocycles. The van der Waals surface area contributed by atoms with E-state index in [2.05, 4.69) is 51.7 Å². The Balaban J connectivity index is 0.00000280.